The Morgan fingerprint density at radius 2 is 0.680 bits per heavy atom. The Morgan fingerprint density at radius 1 is 0.306 bits per heavy atom. The predicted molar refractivity (Wildman–Crippen MR) is 584 cm³/mol. The van der Waals surface area contributed by atoms with Crippen LogP contribution in [0.3, 0.4) is 0 Å². The molecule has 23 aromatic rings. The van der Waals surface area contributed by atoms with Gasteiger partial charge < -0.3 is 44.4 Å². The number of nitrogens with zero attached hydrogens (tertiary/aromatic N) is 9. The minimum absolute atomic E-state index is 0. The number of fused-ring (bicyclic) bond motifs is 9. The van der Waals surface area contributed by atoms with Gasteiger partial charge >= 0.3 is 0 Å². The minimum Gasteiger partial charge on any atom is -0.512 e. The molecule has 23 rings (SSSR count). The largest absolute Gasteiger partial charge is 0.512 e. The zero-order valence-corrected chi connectivity index (χ0v) is 93.8. The molecule has 11 nitrogen and oxygen atoms in total. The first-order valence-electron chi connectivity index (χ1n) is 47.3. The average molecular weight is 2800 g/mol. The number of pyridine rings is 8. The van der Waals surface area contributed by atoms with Crippen LogP contribution in [0.5, 0.6) is 0 Å². The van der Waals surface area contributed by atoms with E-state index in [4.69, 9.17) is 10.1 Å². The molecule has 0 spiro atoms. The number of aryl methyl sites for hydroxylation is 2. The molecule has 0 unspecified atom stereocenters. The third kappa shape index (κ3) is 33.7. The van der Waals surface area contributed by atoms with Crippen molar-refractivity contribution < 1.29 is 110 Å². The molecular formula is C131H105Ir5N9O2-8. The van der Waals surface area contributed by atoms with Crippen LogP contribution < -0.4 is 0 Å². The van der Waals surface area contributed by atoms with E-state index in [1.54, 1.807) is 18.6 Å². The zero-order chi connectivity index (χ0) is 98.1. The normalized spacial score (nSPS) is 10.2. The molecule has 0 amide bonds. The van der Waals surface area contributed by atoms with Gasteiger partial charge in [0.15, 0.2) is 5.78 Å². The number of benzene rings is 14. The number of rotatable bonds is 15. The van der Waals surface area contributed by atoms with Crippen LogP contribution in [-0.4, -0.2) is 55.2 Å². The number of para-hydroxylation sites is 3. The van der Waals surface area contributed by atoms with E-state index >= 15 is 0 Å². The van der Waals surface area contributed by atoms with E-state index in [1.165, 1.54) is 105 Å². The number of hydrogen-bond acceptors (Lipinski definition) is 10. The molecule has 16 heteroatoms. The summed E-state index contributed by atoms with van der Waals surface area (Å²) in [5.41, 5.74) is 29.2. The van der Waals surface area contributed by atoms with Crippen molar-refractivity contribution in [2.75, 3.05) is 0 Å². The third-order valence-electron chi connectivity index (χ3n) is 22.9. The number of ketones is 1. The molecular weight excluding hydrogens is 2690 g/mol. The number of carbonyl (C=O) groups excluding carboxylic acids is 1. The summed E-state index contributed by atoms with van der Waals surface area (Å²) in [4.78, 5) is 45.5. The molecule has 1 N–H and O–H groups in total. The van der Waals surface area contributed by atoms with Crippen LogP contribution in [0.2, 0.25) is 0 Å². The number of hydrogen-bond donors (Lipinski definition) is 1. The minimum atomic E-state index is -0.125. The van der Waals surface area contributed by atoms with Gasteiger partial charge in [-0.3, -0.25) is 9.78 Å². The van der Waals surface area contributed by atoms with Crippen LogP contribution in [0, 0.1) is 68.3 Å². The number of allylic oxidation sites excluding steroid dienone is 2. The van der Waals surface area contributed by atoms with Gasteiger partial charge in [-0.15, -0.1) is 279 Å². The van der Waals surface area contributed by atoms with E-state index in [2.05, 4.69) is 247 Å². The second kappa shape index (κ2) is 60.9. The van der Waals surface area contributed by atoms with Gasteiger partial charge in [-0.1, -0.05) is 244 Å². The number of aliphatic hydroxyl groups excluding tert-OH is 1. The summed E-state index contributed by atoms with van der Waals surface area (Å²) in [5.74, 6) is 0.727. The first-order chi connectivity index (χ1) is 69.9. The Labute approximate surface area is 930 Å². The van der Waals surface area contributed by atoms with Crippen LogP contribution in [0.15, 0.2) is 486 Å². The summed E-state index contributed by atoms with van der Waals surface area (Å²) < 4.78 is 2.24. The molecule has 9 heterocycles. The molecule has 0 fully saturated rings. The average Bonchev–Trinajstić information content (AvgIpc) is 1.60. The molecule has 0 saturated heterocycles. The van der Waals surface area contributed by atoms with E-state index in [0.29, 0.717) is 0 Å². The topological polar surface area (TPSA) is 145 Å². The maximum atomic E-state index is 10.0. The molecule has 0 aliphatic heterocycles. The van der Waals surface area contributed by atoms with Gasteiger partial charge in [-0.2, -0.15) is 0 Å². The van der Waals surface area contributed by atoms with Crippen molar-refractivity contribution in [2.45, 2.75) is 60.8 Å². The third-order valence-corrected chi connectivity index (χ3v) is 22.9. The maximum absolute atomic E-state index is 10.0. The Kier molecular flexibility index (Phi) is 47.4. The van der Waals surface area contributed by atoms with E-state index in [-0.39, 0.29) is 112 Å². The maximum Gasteiger partial charge on any atom is 0.155 e. The molecule has 9 aromatic heterocycles. The molecule has 0 aliphatic rings. The van der Waals surface area contributed by atoms with Crippen molar-refractivity contribution in [3.8, 4) is 112 Å². The summed E-state index contributed by atoms with van der Waals surface area (Å²) in [6.07, 6.45) is 13.9. The summed E-state index contributed by atoms with van der Waals surface area (Å²) in [6, 6.07) is 174. The van der Waals surface area contributed by atoms with Gasteiger partial charge in [0.2, 0.25) is 0 Å². The predicted octanol–water partition coefficient (Wildman–Crippen LogP) is 32.2. The van der Waals surface area contributed by atoms with Crippen LogP contribution in [0.1, 0.15) is 57.5 Å². The van der Waals surface area contributed by atoms with Crippen molar-refractivity contribution in [2.24, 2.45) is 5.92 Å². The van der Waals surface area contributed by atoms with Gasteiger partial charge in [0.25, 0.3) is 0 Å². The van der Waals surface area contributed by atoms with Gasteiger partial charge in [0.1, 0.15) is 0 Å². The summed E-state index contributed by atoms with van der Waals surface area (Å²) in [7, 11) is 0. The quantitative estimate of drug-likeness (QED) is 0.0456. The fourth-order valence-electron chi connectivity index (χ4n) is 15.9. The number of aliphatic hydroxyl groups is 1. The van der Waals surface area contributed by atoms with E-state index in [1.807, 2.05) is 323 Å². The summed E-state index contributed by atoms with van der Waals surface area (Å²) >= 11 is 0. The van der Waals surface area contributed by atoms with Gasteiger partial charge in [0.05, 0.1) is 22.4 Å². The van der Waals surface area contributed by atoms with Crippen LogP contribution in [0.4, 0.5) is 0 Å². The Morgan fingerprint density at radius 3 is 1.10 bits per heavy atom. The molecule has 5 radical (unpaired) electrons. The van der Waals surface area contributed by atoms with Crippen molar-refractivity contribution in [1.29, 1.82) is 0 Å². The van der Waals surface area contributed by atoms with Crippen LogP contribution in [0.25, 0.3) is 161 Å². The Bertz CT molecular complexity index is 7540. The van der Waals surface area contributed by atoms with E-state index < -0.39 is 0 Å². The fourth-order valence-corrected chi connectivity index (χ4v) is 15.9. The molecule has 14 aromatic carbocycles. The first-order valence-corrected chi connectivity index (χ1v) is 47.3. The second-order valence-corrected chi connectivity index (χ2v) is 33.1. The second-order valence-electron chi connectivity index (χ2n) is 33.1. The van der Waals surface area contributed by atoms with E-state index in [9.17, 15) is 4.79 Å². The van der Waals surface area contributed by atoms with Gasteiger partial charge in [-0.05, 0) is 179 Å². The monoisotopic (exact) mass is 2800 g/mol. The van der Waals surface area contributed by atoms with Crippen molar-refractivity contribution >= 4 is 54.9 Å². The number of aromatic nitrogens is 9. The van der Waals surface area contributed by atoms with Gasteiger partial charge in [-0.25, -0.2) is 0 Å². The fraction of sp³-hybridized carbons (Fsp3) is 0.0763. The molecule has 0 bridgehead atoms. The molecule has 0 aliphatic carbocycles. The molecule has 0 atom stereocenters. The smallest absolute Gasteiger partial charge is 0.155 e. The number of imidazole rings is 1. The zero-order valence-electron chi connectivity index (χ0n) is 81.9. The van der Waals surface area contributed by atoms with Gasteiger partial charge in [0, 0.05) is 154 Å². The van der Waals surface area contributed by atoms with Crippen molar-refractivity contribution in [3.05, 3.63) is 551 Å². The van der Waals surface area contributed by atoms with Crippen molar-refractivity contribution in [3.63, 3.8) is 0 Å². The van der Waals surface area contributed by atoms with Crippen LogP contribution in [-0.2, 0) is 112 Å². The SMILES string of the molecule is CC(=O)C=C(C)O.CCC(CC)Cc1ccc(-c2cc[c-]c(-c3ccccn3)c2)cc1.Cc1cccc(-c2[c-]cccc2)n1.Cc1cccc(-c2[c-]cccc2)n1.[Ir].[Ir].[Ir].[Ir].[Ir].[c-]1ccc(-c2ccccc2)cc1-c1ccccn1.[c-]1ccc(-c2ccccc2)cc1-c1ccccn1.[c-]1cccc2c1c1nc3ccccc3n1c1ccccc21.[c-]1ccccc1-c1ccccn1.[c-]1ccccc1-c1nccc2ccccc12. The summed E-state index contributed by atoms with van der Waals surface area (Å²) in [5, 5.41) is 14.3. The Balaban J connectivity index is 0.000000171. The Hall–Kier alpha value is -14.7. The molecule has 739 valence electrons. The molecule has 147 heavy (non-hydrogen) atoms. The van der Waals surface area contributed by atoms with E-state index in [0.717, 1.165) is 118 Å². The van der Waals surface area contributed by atoms with Crippen molar-refractivity contribution in [1.82, 2.24) is 44.3 Å². The summed E-state index contributed by atoms with van der Waals surface area (Å²) in [6.45, 7) is 11.4. The van der Waals surface area contributed by atoms with Crippen LogP contribution >= 0.6 is 0 Å². The number of carbonyl (C=O) groups is 1. The standard InChI is InChI=1S/C23H24N.C19H11N2.2C17H12N.C15H10N.2C12H10N.C11H8N.C5H8O2.5Ir/c1-3-18(4-2)16-19-11-13-20(14-12-19)21-8-7-9-22(17-21)23-10-5-6-15-24-23;1-2-9-15-13(7-1)14-8-3-5-11-17(14)21-18-12-6-4-10-16(18)20-19(15)21;2*1-2-7-14(8-3-1)15-9-6-10-16(13-15)17-11-4-5-12-18-17;1-2-7-13(8-3-1)15-14-9-5-4-6-12(14)10-11-16-15;2*1-10-6-5-9-12(13-10)11-7-3-2-4-8-11;1-2-6-10(7-3-1)11-8-4-5-9-12-11;1-4(6)3-5(2)7;;;;;/h5-8,10-15,17-18H,3-4,16H2,1-2H3;1-8,10-12H;2*1-9,11-13H;1-7,9-11H;2*2-7,9H,1H3;1-6,8-9H;3,6H,1-2H3;;;;;/q8*-1;;;;;;. The molecule has 0 saturated carbocycles. The first kappa shape index (κ1) is 114.